The summed E-state index contributed by atoms with van der Waals surface area (Å²) in [5, 5.41) is 6.80. The SMILES string of the molecule is O=C(CN(c1ccc(Cl)cc1)S(=O)(=O)c1ccccc1)N/N=C/c1ccc(OCc2ccc3ccccc3c2)cc1. The van der Waals surface area contributed by atoms with E-state index >= 15 is 0 Å². The van der Waals surface area contributed by atoms with Gasteiger partial charge in [0.1, 0.15) is 18.9 Å². The Hall–Kier alpha value is -4.66. The summed E-state index contributed by atoms with van der Waals surface area (Å²) < 4.78 is 33.6. The number of rotatable bonds is 10. The van der Waals surface area contributed by atoms with E-state index in [0.29, 0.717) is 23.1 Å². The number of sulfonamides is 1. The molecule has 0 aliphatic rings. The lowest BCUT2D eigenvalue weighted by Crippen LogP contribution is -2.39. The van der Waals surface area contributed by atoms with Crippen molar-refractivity contribution >= 4 is 50.2 Å². The second kappa shape index (κ2) is 12.7. The van der Waals surface area contributed by atoms with Crippen LogP contribution in [0.1, 0.15) is 11.1 Å². The van der Waals surface area contributed by atoms with Crippen molar-refractivity contribution in [2.24, 2.45) is 5.10 Å². The quantitative estimate of drug-likeness (QED) is 0.152. The van der Waals surface area contributed by atoms with Gasteiger partial charge in [-0.05, 0) is 88.6 Å². The molecular formula is C32H26ClN3O4S. The second-order valence-corrected chi connectivity index (χ2v) is 11.4. The number of hydrazone groups is 1. The van der Waals surface area contributed by atoms with Gasteiger partial charge in [-0.1, -0.05) is 66.2 Å². The monoisotopic (exact) mass is 583 g/mol. The topological polar surface area (TPSA) is 88.1 Å². The van der Waals surface area contributed by atoms with E-state index in [1.165, 1.54) is 23.7 Å². The van der Waals surface area contributed by atoms with Crippen LogP contribution in [0.4, 0.5) is 5.69 Å². The second-order valence-electron chi connectivity index (χ2n) is 9.13. The molecule has 5 aromatic rings. The number of carbonyl (C=O) groups is 1. The molecule has 1 amide bonds. The molecule has 5 aromatic carbocycles. The number of halogens is 1. The highest BCUT2D eigenvalue weighted by Gasteiger charge is 2.27. The van der Waals surface area contributed by atoms with Gasteiger partial charge >= 0.3 is 0 Å². The number of amides is 1. The van der Waals surface area contributed by atoms with Crippen LogP contribution in [0.15, 0.2) is 131 Å². The molecule has 9 heteroatoms. The van der Waals surface area contributed by atoms with Gasteiger partial charge in [-0.25, -0.2) is 13.8 Å². The number of benzene rings is 5. The Morgan fingerprint density at radius 2 is 1.51 bits per heavy atom. The van der Waals surface area contributed by atoms with E-state index in [1.54, 1.807) is 42.5 Å². The zero-order valence-corrected chi connectivity index (χ0v) is 23.4. The fourth-order valence-electron chi connectivity index (χ4n) is 4.13. The Kier molecular flexibility index (Phi) is 8.62. The highest BCUT2D eigenvalue weighted by molar-refractivity contribution is 7.92. The first-order chi connectivity index (χ1) is 19.9. The Bertz CT molecular complexity index is 1780. The highest BCUT2D eigenvalue weighted by atomic mass is 35.5. The van der Waals surface area contributed by atoms with Crippen molar-refractivity contribution in [2.75, 3.05) is 10.8 Å². The van der Waals surface area contributed by atoms with E-state index < -0.39 is 22.5 Å². The molecule has 41 heavy (non-hydrogen) atoms. The summed E-state index contributed by atoms with van der Waals surface area (Å²) >= 11 is 5.98. The first kappa shape index (κ1) is 27.9. The third-order valence-electron chi connectivity index (χ3n) is 6.24. The lowest BCUT2D eigenvalue weighted by molar-refractivity contribution is -0.119. The lowest BCUT2D eigenvalue weighted by Gasteiger charge is -2.23. The summed E-state index contributed by atoms with van der Waals surface area (Å²) in [4.78, 5) is 12.8. The molecular weight excluding hydrogens is 558 g/mol. The van der Waals surface area contributed by atoms with Crippen LogP contribution in [-0.2, 0) is 21.4 Å². The van der Waals surface area contributed by atoms with Gasteiger partial charge in [-0.15, -0.1) is 0 Å². The number of fused-ring (bicyclic) bond motifs is 1. The molecule has 0 aliphatic heterocycles. The summed E-state index contributed by atoms with van der Waals surface area (Å²) in [5.41, 5.74) is 4.51. The standard InChI is InChI=1S/C32H26ClN3O4S/c33-28-14-16-29(17-15-28)36(41(38,39)31-8-2-1-3-9-31)22-32(37)35-34-21-24-11-18-30(19-12-24)40-23-25-10-13-26-6-4-5-7-27(26)20-25/h1-21H,22-23H2,(H,35,37)/b34-21+. The van der Waals surface area contributed by atoms with Crippen molar-refractivity contribution in [2.45, 2.75) is 11.5 Å². The van der Waals surface area contributed by atoms with Gasteiger partial charge in [-0.2, -0.15) is 5.10 Å². The van der Waals surface area contributed by atoms with E-state index in [0.717, 1.165) is 20.8 Å². The van der Waals surface area contributed by atoms with E-state index in [4.69, 9.17) is 16.3 Å². The number of hydrogen-bond acceptors (Lipinski definition) is 5. The molecule has 1 N–H and O–H groups in total. The third-order valence-corrected chi connectivity index (χ3v) is 8.28. The van der Waals surface area contributed by atoms with Crippen LogP contribution in [0.3, 0.4) is 0 Å². The molecule has 0 heterocycles. The number of hydrogen-bond donors (Lipinski definition) is 1. The van der Waals surface area contributed by atoms with Gasteiger partial charge in [-0.3, -0.25) is 9.10 Å². The molecule has 0 saturated carbocycles. The minimum absolute atomic E-state index is 0.0641. The van der Waals surface area contributed by atoms with Crippen LogP contribution in [-0.4, -0.2) is 27.1 Å². The summed E-state index contributed by atoms with van der Waals surface area (Å²) in [6, 6.07) is 35.8. The average molecular weight is 584 g/mol. The summed E-state index contributed by atoms with van der Waals surface area (Å²) in [5.74, 6) is 0.0927. The third kappa shape index (κ3) is 7.11. The average Bonchev–Trinajstić information content (AvgIpc) is 3.00. The van der Waals surface area contributed by atoms with Crippen LogP contribution in [0.5, 0.6) is 5.75 Å². The van der Waals surface area contributed by atoms with Crippen molar-refractivity contribution in [3.63, 3.8) is 0 Å². The van der Waals surface area contributed by atoms with Crippen LogP contribution < -0.4 is 14.5 Å². The number of nitrogens with one attached hydrogen (secondary N) is 1. The molecule has 7 nitrogen and oxygen atoms in total. The smallest absolute Gasteiger partial charge is 0.264 e. The van der Waals surface area contributed by atoms with Crippen molar-refractivity contribution in [3.8, 4) is 5.75 Å². The number of nitrogens with zero attached hydrogens (tertiary/aromatic N) is 2. The van der Waals surface area contributed by atoms with E-state index in [9.17, 15) is 13.2 Å². The zero-order chi connectivity index (χ0) is 28.7. The Morgan fingerprint density at radius 3 is 2.24 bits per heavy atom. The van der Waals surface area contributed by atoms with Crippen molar-refractivity contribution in [1.29, 1.82) is 0 Å². The Labute approximate surface area is 243 Å². The molecule has 5 rings (SSSR count). The summed E-state index contributed by atoms with van der Waals surface area (Å²) in [7, 11) is -4.02. The maximum Gasteiger partial charge on any atom is 0.264 e. The number of anilines is 1. The molecule has 0 unspecified atom stereocenters. The fourth-order valence-corrected chi connectivity index (χ4v) is 5.70. The van der Waals surface area contributed by atoms with Crippen molar-refractivity contribution in [3.05, 3.63) is 137 Å². The molecule has 0 spiro atoms. The van der Waals surface area contributed by atoms with Gasteiger partial charge in [0.2, 0.25) is 0 Å². The van der Waals surface area contributed by atoms with Gasteiger partial charge in [0.25, 0.3) is 15.9 Å². The van der Waals surface area contributed by atoms with E-state index in [1.807, 2.05) is 42.5 Å². The predicted molar refractivity (Wildman–Crippen MR) is 163 cm³/mol. The summed E-state index contributed by atoms with van der Waals surface area (Å²) in [6.07, 6.45) is 1.48. The van der Waals surface area contributed by atoms with E-state index in [2.05, 4.69) is 34.8 Å². The van der Waals surface area contributed by atoms with Crippen molar-refractivity contribution < 1.29 is 17.9 Å². The van der Waals surface area contributed by atoms with Crippen LogP contribution in [0.25, 0.3) is 10.8 Å². The first-order valence-corrected chi connectivity index (χ1v) is 14.6. The van der Waals surface area contributed by atoms with Crippen LogP contribution in [0, 0.1) is 0 Å². The van der Waals surface area contributed by atoms with Gasteiger partial charge < -0.3 is 4.74 Å². The van der Waals surface area contributed by atoms with E-state index in [-0.39, 0.29) is 4.90 Å². The molecule has 206 valence electrons. The highest BCUT2D eigenvalue weighted by Crippen LogP contribution is 2.25. The van der Waals surface area contributed by atoms with Crippen molar-refractivity contribution in [1.82, 2.24) is 5.43 Å². The largest absolute Gasteiger partial charge is 0.489 e. The molecule has 0 fully saturated rings. The Balaban J connectivity index is 1.20. The minimum Gasteiger partial charge on any atom is -0.489 e. The van der Waals surface area contributed by atoms with Gasteiger partial charge in [0, 0.05) is 5.02 Å². The van der Waals surface area contributed by atoms with Gasteiger partial charge in [0.15, 0.2) is 0 Å². The normalized spacial score (nSPS) is 11.4. The lowest BCUT2D eigenvalue weighted by atomic mass is 10.1. The molecule has 0 radical (unpaired) electrons. The minimum atomic E-state index is -4.02. The maximum atomic E-state index is 13.3. The maximum absolute atomic E-state index is 13.3. The Morgan fingerprint density at radius 1 is 0.829 bits per heavy atom. The fraction of sp³-hybridized carbons (Fsp3) is 0.0625. The first-order valence-electron chi connectivity index (χ1n) is 12.7. The number of carbonyl (C=O) groups excluding carboxylic acids is 1. The molecule has 0 bridgehead atoms. The number of ether oxygens (including phenoxy) is 1. The summed E-state index contributed by atoms with van der Waals surface area (Å²) in [6.45, 7) is -0.0396. The zero-order valence-electron chi connectivity index (χ0n) is 21.9. The van der Waals surface area contributed by atoms with Gasteiger partial charge in [0.05, 0.1) is 16.8 Å². The molecule has 0 saturated heterocycles. The molecule has 0 atom stereocenters. The van der Waals surface area contributed by atoms with Crippen LogP contribution in [0.2, 0.25) is 5.02 Å². The predicted octanol–water partition coefficient (Wildman–Crippen LogP) is 6.42. The van der Waals surface area contributed by atoms with Crippen LogP contribution >= 0.6 is 11.6 Å². The molecule has 0 aromatic heterocycles. The molecule has 0 aliphatic carbocycles.